The van der Waals surface area contributed by atoms with Crippen molar-refractivity contribution in [3.63, 3.8) is 0 Å². The molecule has 21 heavy (non-hydrogen) atoms. The lowest BCUT2D eigenvalue weighted by atomic mass is 10.1. The van der Waals surface area contributed by atoms with Crippen molar-refractivity contribution in [1.29, 1.82) is 0 Å². The summed E-state index contributed by atoms with van der Waals surface area (Å²) < 4.78 is 13.4. The summed E-state index contributed by atoms with van der Waals surface area (Å²) in [5.41, 5.74) is 7.54. The van der Waals surface area contributed by atoms with Gasteiger partial charge in [0.25, 0.3) is 0 Å². The van der Waals surface area contributed by atoms with Gasteiger partial charge in [-0.25, -0.2) is 4.39 Å². The van der Waals surface area contributed by atoms with Gasteiger partial charge in [0.2, 0.25) is 5.91 Å². The van der Waals surface area contributed by atoms with Crippen LogP contribution in [0.3, 0.4) is 0 Å². The first kappa shape index (κ1) is 15.7. The van der Waals surface area contributed by atoms with E-state index in [1.165, 1.54) is 18.2 Å². The summed E-state index contributed by atoms with van der Waals surface area (Å²) >= 11 is 3.08. The van der Waals surface area contributed by atoms with E-state index in [2.05, 4.69) is 21.2 Å². The fourth-order valence-corrected chi connectivity index (χ4v) is 2.29. The van der Waals surface area contributed by atoms with Crippen molar-refractivity contribution in [2.45, 2.75) is 18.9 Å². The van der Waals surface area contributed by atoms with Crippen molar-refractivity contribution >= 4 is 27.5 Å². The molecule has 0 fully saturated rings. The van der Waals surface area contributed by atoms with E-state index in [4.69, 9.17) is 5.73 Å². The van der Waals surface area contributed by atoms with Gasteiger partial charge in [-0.2, -0.15) is 0 Å². The zero-order valence-electron chi connectivity index (χ0n) is 11.4. The maximum absolute atomic E-state index is 13.1. The summed E-state index contributed by atoms with van der Waals surface area (Å²) in [6.07, 6.45) is 1.29. The highest BCUT2D eigenvalue weighted by Gasteiger charge is 2.14. The molecule has 0 aromatic heterocycles. The number of rotatable bonds is 5. The maximum Gasteiger partial charge on any atom is 0.241 e. The average Bonchev–Trinajstić information content (AvgIpc) is 2.49. The van der Waals surface area contributed by atoms with Crippen LogP contribution in [0.25, 0.3) is 0 Å². The Morgan fingerprint density at radius 1 is 1.24 bits per heavy atom. The fraction of sp³-hybridized carbons (Fsp3) is 0.188. The minimum Gasteiger partial charge on any atom is -0.325 e. The number of anilines is 1. The Hall–Kier alpha value is -1.72. The summed E-state index contributed by atoms with van der Waals surface area (Å²) in [5.74, 6) is -0.647. The van der Waals surface area contributed by atoms with Crippen molar-refractivity contribution in [2.24, 2.45) is 5.73 Å². The average molecular weight is 351 g/mol. The van der Waals surface area contributed by atoms with Crippen molar-refractivity contribution in [3.8, 4) is 0 Å². The highest BCUT2D eigenvalue weighted by Crippen LogP contribution is 2.20. The molecule has 2 rings (SSSR count). The Morgan fingerprint density at radius 3 is 2.62 bits per heavy atom. The normalized spacial score (nSPS) is 12.0. The molecule has 3 nitrogen and oxygen atoms in total. The van der Waals surface area contributed by atoms with Crippen LogP contribution in [0.15, 0.2) is 53.0 Å². The van der Waals surface area contributed by atoms with Crippen molar-refractivity contribution < 1.29 is 9.18 Å². The van der Waals surface area contributed by atoms with Gasteiger partial charge in [0.1, 0.15) is 5.82 Å². The molecule has 0 aliphatic carbocycles. The van der Waals surface area contributed by atoms with E-state index in [-0.39, 0.29) is 11.7 Å². The predicted octanol–water partition coefficient (Wildman–Crippen LogP) is 3.49. The van der Waals surface area contributed by atoms with Gasteiger partial charge in [-0.3, -0.25) is 4.79 Å². The quantitative estimate of drug-likeness (QED) is 0.867. The molecule has 0 radical (unpaired) electrons. The van der Waals surface area contributed by atoms with Gasteiger partial charge in [-0.15, -0.1) is 0 Å². The van der Waals surface area contributed by atoms with E-state index >= 15 is 0 Å². The van der Waals surface area contributed by atoms with Crippen LogP contribution in [-0.2, 0) is 11.2 Å². The first-order valence-corrected chi connectivity index (χ1v) is 7.41. The van der Waals surface area contributed by atoms with Crippen LogP contribution in [0.2, 0.25) is 0 Å². The molecule has 0 heterocycles. The van der Waals surface area contributed by atoms with E-state index in [0.717, 1.165) is 12.0 Å². The molecule has 3 N–H and O–H groups in total. The lowest BCUT2D eigenvalue weighted by molar-refractivity contribution is -0.117. The second-order valence-electron chi connectivity index (χ2n) is 4.75. The third-order valence-corrected chi connectivity index (χ3v) is 3.72. The summed E-state index contributed by atoms with van der Waals surface area (Å²) in [5, 5.41) is 2.69. The molecule has 1 amide bonds. The zero-order valence-corrected chi connectivity index (χ0v) is 12.9. The van der Waals surface area contributed by atoms with Crippen LogP contribution in [0.5, 0.6) is 0 Å². The van der Waals surface area contributed by atoms with Gasteiger partial charge in [-0.1, -0.05) is 30.3 Å². The molecular weight excluding hydrogens is 335 g/mol. The molecule has 110 valence electrons. The van der Waals surface area contributed by atoms with Gasteiger partial charge in [0, 0.05) is 5.69 Å². The minimum absolute atomic E-state index is 0.274. The van der Waals surface area contributed by atoms with E-state index in [0.29, 0.717) is 16.6 Å². The molecular formula is C16H16BrFN2O. The number of aryl methyl sites for hydroxylation is 1. The summed E-state index contributed by atoms with van der Waals surface area (Å²) in [6.45, 7) is 0. The van der Waals surface area contributed by atoms with Crippen LogP contribution in [-0.4, -0.2) is 11.9 Å². The predicted molar refractivity (Wildman–Crippen MR) is 85.5 cm³/mol. The Balaban J connectivity index is 1.89. The van der Waals surface area contributed by atoms with Crippen LogP contribution < -0.4 is 11.1 Å². The van der Waals surface area contributed by atoms with Gasteiger partial charge < -0.3 is 11.1 Å². The number of carbonyl (C=O) groups is 1. The molecule has 0 saturated heterocycles. The van der Waals surface area contributed by atoms with Crippen molar-refractivity contribution in [3.05, 3.63) is 64.4 Å². The minimum atomic E-state index is -0.603. The number of amides is 1. The molecule has 0 aliphatic rings. The Kier molecular flexibility index (Phi) is 5.47. The van der Waals surface area contributed by atoms with Gasteiger partial charge in [0.15, 0.2) is 0 Å². The van der Waals surface area contributed by atoms with E-state index in [1.54, 1.807) is 0 Å². The van der Waals surface area contributed by atoms with Crippen LogP contribution in [0, 0.1) is 5.82 Å². The molecule has 0 bridgehead atoms. The lowest BCUT2D eigenvalue weighted by Crippen LogP contribution is -2.36. The number of nitrogens with one attached hydrogen (secondary N) is 1. The molecule has 0 aliphatic heterocycles. The van der Waals surface area contributed by atoms with Crippen molar-refractivity contribution in [2.75, 3.05) is 5.32 Å². The largest absolute Gasteiger partial charge is 0.325 e. The van der Waals surface area contributed by atoms with Crippen LogP contribution >= 0.6 is 15.9 Å². The van der Waals surface area contributed by atoms with E-state index < -0.39 is 6.04 Å². The standard InChI is InChI=1S/C16H16BrFN2O/c17-13-10-12(7-8-14(13)18)20-16(21)15(19)9-6-11-4-2-1-3-5-11/h1-5,7-8,10,15H,6,9,19H2,(H,20,21). The molecule has 0 saturated carbocycles. The number of carbonyl (C=O) groups excluding carboxylic acids is 1. The summed E-state index contributed by atoms with van der Waals surface area (Å²) in [7, 11) is 0. The maximum atomic E-state index is 13.1. The zero-order chi connectivity index (χ0) is 15.2. The first-order chi connectivity index (χ1) is 10.1. The number of halogens is 2. The third kappa shape index (κ3) is 4.65. The highest BCUT2D eigenvalue weighted by atomic mass is 79.9. The monoisotopic (exact) mass is 350 g/mol. The number of nitrogens with two attached hydrogens (primary N) is 1. The molecule has 2 aromatic rings. The summed E-state index contributed by atoms with van der Waals surface area (Å²) in [4.78, 5) is 12.0. The second kappa shape index (κ2) is 7.33. The van der Waals surface area contributed by atoms with Gasteiger partial charge >= 0.3 is 0 Å². The summed E-state index contributed by atoms with van der Waals surface area (Å²) in [6, 6.07) is 13.6. The number of hydrogen-bond donors (Lipinski definition) is 2. The highest BCUT2D eigenvalue weighted by molar-refractivity contribution is 9.10. The topological polar surface area (TPSA) is 55.1 Å². The SMILES string of the molecule is NC(CCc1ccccc1)C(=O)Nc1ccc(F)c(Br)c1. The Labute approximate surface area is 131 Å². The van der Waals surface area contributed by atoms with E-state index in [9.17, 15) is 9.18 Å². The lowest BCUT2D eigenvalue weighted by Gasteiger charge is -2.12. The number of benzene rings is 2. The Bertz CT molecular complexity index is 619. The smallest absolute Gasteiger partial charge is 0.241 e. The fourth-order valence-electron chi connectivity index (χ4n) is 1.91. The number of hydrogen-bond acceptors (Lipinski definition) is 2. The molecule has 1 atom stereocenters. The molecule has 1 unspecified atom stereocenters. The van der Waals surface area contributed by atoms with Gasteiger partial charge in [-0.05, 0) is 52.5 Å². The second-order valence-corrected chi connectivity index (χ2v) is 5.60. The molecule has 2 aromatic carbocycles. The van der Waals surface area contributed by atoms with Crippen LogP contribution in [0.1, 0.15) is 12.0 Å². The van der Waals surface area contributed by atoms with Crippen molar-refractivity contribution in [1.82, 2.24) is 0 Å². The molecule has 5 heteroatoms. The van der Waals surface area contributed by atoms with E-state index in [1.807, 2.05) is 30.3 Å². The third-order valence-electron chi connectivity index (χ3n) is 3.11. The Morgan fingerprint density at radius 2 is 1.95 bits per heavy atom. The molecule has 0 spiro atoms. The van der Waals surface area contributed by atoms with Crippen LogP contribution in [0.4, 0.5) is 10.1 Å². The first-order valence-electron chi connectivity index (χ1n) is 6.61. The van der Waals surface area contributed by atoms with Gasteiger partial charge in [0.05, 0.1) is 10.5 Å².